The Labute approximate surface area is 100 Å². The molecule has 0 aliphatic heterocycles. The van der Waals surface area contributed by atoms with Crippen LogP contribution in [0.4, 0.5) is 0 Å². The Morgan fingerprint density at radius 2 is 2.00 bits per heavy atom. The summed E-state index contributed by atoms with van der Waals surface area (Å²) < 4.78 is 0. The van der Waals surface area contributed by atoms with E-state index in [1.807, 2.05) is 42.5 Å². The predicted octanol–water partition coefficient (Wildman–Crippen LogP) is 2.04. The Balaban J connectivity index is 2.34. The molecule has 1 aliphatic rings. The van der Waals surface area contributed by atoms with Gasteiger partial charge in [-0.25, -0.2) is 0 Å². The fraction of sp³-hybridized carbons (Fsp3) is 0.357. The van der Waals surface area contributed by atoms with Gasteiger partial charge in [0.2, 0.25) is 0 Å². The maximum absolute atomic E-state index is 11.4. The molecule has 0 saturated heterocycles. The van der Waals surface area contributed by atoms with Crippen molar-refractivity contribution in [2.45, 2.75) is 12.3 Å². The number of allylic oxidation sites excluding steroid dienone is 2. The van der Waals surface area contributed by atoms with E-state index in [2.05, 4.69) is 0 Å². The number of aliphatic hydroxyl groups excluding tert-OH is 1. The highest BCUT2D eigenvalue weighted by molar-refractivity contribution is 5.72. The van der Waals surface area contributed by atoms with Gasteiger partial charge in [-0.1, -0.05) is 42.5 Å². The van der Waals surface area contributed by atoms with Crippen molar-refractivity contribution < 1.29 is 15.0 Å². The predicted molar refractivity (Wildman–Crippen MR) is 64.6 cm³/mol. The maximum Gasteiger partial charge on any atom is 0.307 e. The van der Waals surface area contributed by atoms with Crippen LogP contribution in [0.1, 0.15) is 17.9 Å². The van der Waals surface area contributed by atoms with Crippen LogP contribution in [0.25, 0.3) is 0 Å². The van der Waals surface area contributed by atoms with Crippen LogP contribution in [0.15, 0.2) is 42.5 Å². The second-order valence-electron chi connectivity index (χ2n) is 4.41. The molecule has 0 fully saturated rings. The lowest BCUT2D eigenvalue weighted by Gasteiger charge is -2.31. The number of carboxylic acids is 1. The standard InChI is InChI=1S/C14H16O3/c15-9-11-7-4-8-12(13(11)14(16)17)10-5-2-1-3-6-10/h1-6,8,11-13,15H,7,9H2,(H,16,17)/t11-,12+,13+/m1/s1. The summed E-state index contributed by atoms with van der Waals surface area (Å²) in [5.41, 5.74) is 0.995. The van der Waals surface area contributed by atoms with Crippen LogP contribution in [0.2, 0.25) is 0 Å². The van der Waals surface area contributed by atoms with E-state index in [0.29, 0.717) is 6.42 Å². The van der Waals surface area contributed by atoms with Crippen LogP contribution in [0.5, 0.6) is 0 Å². The minimum Gasteiger partial charge on any atom is -0.481 e. The first kappa shape index (κ1) is 11.9. The van der Waals surface area contributed by atoms with Gasteiger partial charge in [0.25, 0.3) is 0 Å². The highest BCUT2D eigenvalue weighted by atomic mass is 16.4. The van der Waals surface area contributed by atoms with Gasteiger partial charge in [-0.2, -0.15) is 0 Å². The molecule has 1 aromatic rings. The summed E-state index contributed by atoms with van der Waals surface area (Å²) in [6.45, 7) is -0.0787. The van der Waals surface area contributed by atoms with Gasteiger partial charge in [-0.05, 0) is 17.9 Å². The molecule has 2 N–H and O–H groups in total. The zero-order valence-corrected chi connectivity index (χ0v) is 9.49. The van der Waals surface area contributed by atoms with E-state index in [4.69, 9.17) is 0 Å². The first-order valence-corrected chi connectivity index (χ1v) is 5.79. The van der Waals surface area contributed by atoms with E-state index in [0.717, 1.165) is 5.56 Å². The molecular formula is C14H16O3. The summed E-state index contributed by atoms with van der Waals surface area (Å²) in [5.74, 6) is -1.70. The molecule has 0 spiro atoms. The number of aliphatic hydroxyl groups is 1. The largest absolute Gasteiger partial charge is 0.481 e. The van der Waals surface area contributed by atoms with Gasteiger partial charge >= 0.3 is 5.97 Å². The molecule has 0 unspecified atom stereocenters. The van der Waals surface area contributed by atoms with Crippen LogP contribution in [-0.2, 0) is 4.79 Å². The number of benzene rings is 1. The van der Waals surface area contributed by atoms with Crippen molar-refractivity contribution in [1.82, 2.24) is 0 Å². The second kappa shape index (κ2) is 5.15. The molecule has 0 radical (unpaired) electrons. The van der Waals surface area contributed by atoms with Crippen molar-refractivity contribution in [2.24, 2.45) is 11.8 Å². The van der Waals surface area contributed by atoms with Gasteiger partial charge < -0.3 is 10.2 Å². The van der Waals surface area contributed by atoms with Crippen molar-refractivity contribution in [3.63, 3.8) is 0 Å². The SMILES string of the molecule is O=C(O)[C@H]1[C@@H](CO)CC=C[C@H]1c1ccccc1. The fourth-order valence-electron chi connectivity index (χ4n) is 2.50. The van der Waals surface area contributed by atoms with Crippen LogP contribution >= 0.6 is 0 Å². The van der Waals surface area contributed by atoms with Gasteiger partial charge in [-0.15, -0.1) is 0 Å². The Morgan fingerprint density at radius 3 is 2.59 bits per heavy atom. The number of carboxylic acid groups (broad SMARTS) is 1. The summed E-state index contributed by atoms with van der Waals surface area (Å²) in [7, 11) is 0. The van der Waals surface area contributed by atoms with Gasteiger partial charge in [-0.3, -0.25) is 4.79 Å². The third kappa shape index (κ3) is 2.39. The Bertz CT molecular complexity index is 411. The van der Waals surface area contributed by atoms with Crippen LogP contribution in [-0.4, -0.2) is 22.8 Å². The van der Waals surface area contributed by atoms with Crippen molar-refractivity contribution in [1.29, 1.82) is 0 Å². The maximum atomic E-state index is 11.4. The minimum atomic E-state index is -0.831. The highest BCUT2D eigenvalue weighted by Gasteiger charge is 2.36. The molecule has 1 aliphatic carbocycles. The Kier molecular flexibility index (Phi) is 3.59. The monoisotopic (exact) mass is 232 g/mol. The van der Waals surface area contributed by atoms with Crippen molar-refractivity contribution in [3.05, 3.63) is 48.0 Å². The average Bonchev–Trinajstić information content (AvgIpc) is 2.38. The zero-order valence-electron chi connectivity index (χ0n) is 9.49. The molecule has 3 nitrogen and oxygen atoms in total. The van der Waals surface area contributed by atoms with E-state index >= 15 is 0 Å². The molecule has 17 heavy (non-hydrogen) atoms. The number of rotatable bonds is 3. The second-order valence-corrected chi connectivity index (χ2v) is 4.41. The first-order chi connectivity index (χ1) is 8.24. The quantitative estimate of drug-likeness (QED) is 0.784. The molecule has 2 rings (SSSR count). The summed E-state index contributed by atoms with van der Waals surface area (Å²) in [6.07, 6.45) is 4.55. The van der Waals surface area contributed by atoms with E-state index in [-0.39, 0.29) is 18.4 Å². The molecule has 3 heteroatoms. The van der Waals surface area contributed by atoms with Gasteiger partial charge in [0.05, 0.1) is 5.92 Å². The van der Waals surface area contributed by atoms with Gasteiger partial charge in [0, 0.05) is 12.5 Å². The Morgan fingerprint density at radius 1 is 1.29 bits per heavy atom. The van der Waals surface area contributed by atoms with Crippen molar-refractivity contribution in [3.8, 4) is 0 Å². The first-order valence-electron chi connectivity index (χ1n) is 5.79. The number of aliphatic carboxylic acids is 1. The third-order valence-corrected chi connectivity index (χ3v) is 3.38. The van der Waals surface area contributed by atoms with Gasteiger partial charge in [0.15, 0.2) is 0 Å². The topological polar surface area (TPSA) is 57.5 Å². The van der Waals surface area contributed by atoms with Crippen LogP contribution < -0.4 is 0 Å². The van der Waals surface area contributed by atoms with Gasteiger partial charge in [0.1, 0.15) is 0 Å². The van der Waals surface area contributed by atoms with Crippen molar-refractivity contribution >= 4 is 5.97 Å². The van der Waals surface area contributed by atoms with E-state index in [1.165, 1.54) is 0 Å². The van der Waals surface area contributed by atoms with E-state index in [1.54, 1.807) is 0 Å². The summed E-state index contributed by atoms with van der Waals surface area (Å²) in [5, 5.41) is 18.6. The van der Waals surface area contributed by atoms with Crippen LogP contribution in [0.3, 0.4) is 0 Å². The summed E-state index contributed by atoms with van der Waals surface area (Å²) in [6, 6.07) is 9.60. The molecule has 1 aromatic carbocycles. The lowest BCUT2D eigenvalue weighted by molar-refractivity contribution is -0.145. The normalized spacial score (nSPS) is 27.9. The third-order valence-electron chi connectivity index (χ3n) is 3.38. The average molecular weight is 232 g/mol. The minimum absolute atomic E-state index is 0.0787. The molecule has 90 valence electrons. The molecule has 0 bridgehead atoms. The molecule has 0 aromatic heterocycles. The highest BCUT2D eigenvalue weighted by Crippen LogP contribution is 2.37. The Hall–Kier alpha value is -1.61. The lowest BCUT2D eigenvalue weighted by atomic mass is 9.73. The lowest BCUT2D eigenvalue weighted by Crippen LogP contribution is -2.33. The number of hydrogen-bond acceptors (Lipinski definition) is 2. The van der Waals surface area contributed by atoms with Crippen molar-refractivity contribution in [2.75, 3.05) is 6.61 Å². The smallest absolute Gasteiger partial charge is 0.307 e. The number of carbonyl (C=O) groups is 1. The molecule has 3 atom stereocenters. The van der Waals surface area contributed by atoms with E-state index < -0.39 is 11.9 Å². The molecule has 0 heterocycles. The van der Waals surface area contributed by atoms with Crippen LogP contribution in [0, 0.1) is 11.8 Å². The summed E-state index contributed by atoms with van der Waals surface area (Å²) in [4.78, 5) is 11.4. The summed E-state index contributed by atoms with van der Waals surface area (Å²) >= 11 is 0. The zero-order chi connectivity index (χ0) is 12.3. The van der Waals surface area contributed by atoms with E-state index in [9.17, 15) is 15.0 Å². The number of hydrogen-bond donors (Lipinski definition) is 2. The fourth-order valence-corrected chi connectivity index (χ4v) is 2.50. The molecule has 0 saturated carbocycles. The molecule has 0 amide bonds. The molecular weight excluding hydrogens is 216 g/mol.